The number of hydrogen-bond acceptors (Lipinski definition) is 3. The molecule has 96 valence electrons. The van der Waals surface area contributed by atoms with Gasteiger partial charge in [0.25, 0.3) is 0 Å². The van der Waals surface area contributed by atoms with Gasteiger partial charge in [0.05, 0.1) is 12.6 Å². The van der Waals surface area contributed by atoms with E-state index < -0.39 is 0 Å². The number of benzene rings is 1. The minimum Gasteiger partial charge on any atom is -0.395 e. The van der Waals surface area contributed by atoms with E-state index in [2.05, 4.69) is 38.1 Å². The summed E-state index contributed by atoms with van der Waals surface area (Å²) >= 11 is 0. The van der Waals surface area contributed by atoms with E-state index in [0.29, 0.717) is 5.92 Å². The normalized spacial score (nSPS) is 15.3. The number of nitrogens with zero attached hydrogens (tertiary/aromatic N) is 1. The molecule has 3 N–H and O–H groups in total. The summed E-state index contributed by atoms with van der Waals surface area (Å²) in [6.07, 6.45) is 0. The van der Waals surface area contributed by atoms with E-state index in [1.807, 2.05) is 19.0 Å². The van der Waals surface area contributed by atoms with Crippen molar-refractivity contribution in [1.82, 2.24) is 4.90 Å². The largest absolute Gasteiger partial charge is 0.395 e. The van der Waals surface area contributed by atoms with Crippen LogP contribution < -0.4 is 5.73 Å². The lowest BCUT2D eigenvalue weighted by atomic mass is 9.95. The van der Waals surface area contributed by atoms with E-state index in [-0.39, 0.29) is 18.7 Å². The summed E-state index contributed by atoms with van der Waals surface area (Å²) in [5, 5.41) is 9.21. The molecule has 0 saturated heterocycles. The van der Waals surface area contributed by atoms with Crippen LogP contribution in [0.2, 0.25) is 0 Å². The Bertz CT molecular complexity index is 333. The molecule has 1 aromatic rings. The first-order valence-corrected chi connectivity index (χ1v) is 6.10. The summed E-state index contributed by atoms with van der Waals surface area (Å²) in [6.45, 7) is 4.35. The van der Waals surface area contributed by atoms with E-state index in [1.54, 1.807) is 0 Å². The molecule has 3 heteroatoms. The van der Waals surface area contributed by atoms with Gasteiger partial charge in [-0.1, -0.05) is 38.1 Å². The molecule has 17 heavy (non-hydrogen) atoms. The highest BCUT2D eigenvalue weighted by Gasteiger charge is 2.21. The van der Waals surface area contributed by atoms with Crippen molar-refractivity contribution >= 4 is 0 Å². The lowest BCUT2D eigenvalue weighted by Gasteiger charge is -2.29. The Balaban J connectivity index is 2.95. The quantitative estimate of drug-likeness (QED) is 0.818. The number of aliphatic hydroxyl groups is 1. The average Bonchev–Trinajstić information content (AvgIpc) is 2.29. The maximum Gasteiger partial charge on any atom is 0.0601 e. The topological polar surface area (TPSA) is 49.5 Å². The number of aliphatic hydroxyl groups excluding tert-OH is 1. The van der Waals surface area contributed by atoms with Crippen LogP contribution in [0.5, 0.6) is 0 Å². The number of rotatable bonds is 5. The monoisotopic (exact) mass is 236 g/mol. The number of hydrogen-bond donors (Lipinski definition) is 2. The molecule has 0 bridgehead atoms. The zero-order valence-corrected chi connectivity index (χ0v) is 11.2. The summed E-state index contributed by atoms with van der Waals surface area (Å²) in [6, 6.07) is 8.29. The van der Waals surface area contributed by atoms with Crippen molar-refractivity contribution in [2.24, 2.45) is 5.73 Å². The lowest BCUT2D eigenvalue weighted by Crippen LogP contribution is -2.39. The predicted octanol–water partition coefficient (Wildman–Crippen LogP) is 1.73. The molecular weight excluding hydrogens is 212 g/mol. The Hall–Kier alpha value is -0.900. The van der Waals surface area contributed by atoms with E-state index in [9.17, 15) is 5.11 Å². The first-order chi connectivity index (χ1) is 7.97. The molecule has 0 aromatic heterocycles. The number of nitrogens with two attached hydrogens (primary N) is 1. The standard InChI is InChI=1S/C14H24N2O/c1-10(2)11-5-7-12(8-6-11)14(16(3)4)13(15)9-17/h5-8,10,13-14,17H,9,15H2,1-4H3. The third-order valence-corrected chi connectivity index (χ3v) is 3.12. The fourth-order valence-electron chi connectivity index (χ4n) is 2.11. The van der Waals surface area contributed by atoms with Gasteiger partial charge in [-0.15, -0.1) is 0 Å². The zero-order valence-electron chi connectivity index (χ0n) is 11.2. The van der Waals surface area contributed by atoms with Crippen LogP contribution in [0, 0.1) is 0 Å². The van der Waals surface area contributed by atoms with Gasteiger partial charge in [-0.3, -0.25) is 0 Å². The van der Waals surface area contributed by atoms with Gasteiger partial charge in [0, 0.05) is 6.04 Å². The minimum absolute atomic E-state index is 0.00518. The molecule has 1 rings (SSSR count). The Morgan fingerprint density at radius 3 is 1.94 bits per heavy atom. The third kappa shape index (κ3) is 3.53. The summed E-state index contributed by atoms with van der Waals surface area (Å²) in [5.74, 6) is 0.536. The molecule has 0 spiro atoms. The summed E-state index contributed by atoms with van der Waals surface area (Å²) in [5.41, 5.74) is 8.43. The maximum atomic E-state index is 9.21. The molecule has 0 aliphatic heterocycles. The van der Waals surface area contributed by atoms with Crippen LogP contribution in [0.1, 0.15) is 36.9 Å². The molecule has 0 aliphatic carbocycles. The smallest absolute Gasteiger partial charge is 0.0601 e. The second kappa shape index (κ2) is 6.15. The van der Waals surface area contributed by atoms with Gasteiger partial charge >= 0.3 is 0 Å². The summed E-state index contributed by atoms with van der Waals surface area (Å²) in [4.78, 5) is 2.05. The van der Waals surface area contributed by atoms with Crippen LogP contribution in [0.3, 0.4) is 0 Å². The second-order valence-electron chi connectivity index (χ2n) is 5.08. The fourth-order valence-corrected chi connectivity index (χ4v) is 2.11. The lowest BCUT2D eigenvalue weighted by molar-refractivity contribution is 0.181. The molecule has 1 aromatic carbocycles. The summed E-state index contributed by atoms with van der Waals surface area (Å²) < 4.78 is 0. The van der Waals surface area contributed by atoms with E-state index in [4.69, 9.17) is 5.73 Å². The first kappa shape index (κ1) is 14.2. The molecule has 0 saturated carbocycles. The van der Waals surface area contributed by atoms with Gasteiger partial charge in [-0.25, -0.2) is 0 Å². The van der Waals surface area contributed by atoms with Crippen LogP contribution in [-0.2, 0) is 0 Å². The van der Waals surface area contributed by atoms with Gasteiger partial charge in [0.2, 0.25) is 0 Å². The van der Waals surface area contributed by atoms with Crippen LogP contribution in [0.15, 0.2) is 24.3 Å². The van der Waals surface area contributed by atoms with Gasteiger partial charge in [-0.05, 0) is 31.1 Å². The minimum atomic E-state index is -0.255. The van der Waals surface area contributed by atoms with Crippen LogP contribution in [0.25, 0.3) is 0 Å². The van der Waals surface area contributed by atoms with Crippen molar-refractivity contribution in [3.63, 3.8) is 0 Å². The van der Waals surface area contributed by atoms with Crippen LogP contribution >= 0.6 is 0 Å². The molecule has 2 unspecified atom stereocenters. The van der Waals surface area contributed by atoms with Crippen LogP contribution in [-0.4, -0.2) is 36.8 Å². The molecule has 2 atom stereocenters. The zero-order chi connectivity index (χ0) is 13.0. The molecule has 0 aliphatic rings. The van der Waals surface area contributed by atoms with Gasteiger partial charge in [0.1, 0.15) is 0 Å². The SMILES string of the molecule is CC(C)c1ccc(C(C(N)CO)N(C)C)cc1. The van der Waals surface area contributed by atoms with Crippen molar-refractivity contribution in [2.45, 2.75) is 31.8 Å². The molecule has 0 heterocycles. The van der Waals surface area contributed by atoms with Crippen LogP contribution in [0.4, 0.5) is 0 Å². The fraction of sp³-hybridized carbons (Fsp3) is 0.571. The van der Waals surface area contributed by atoms with E-state index in [0.717, 1.165) is 5.56 Å². The van der Waals surface area contributed by atoms with Crippen molar-refractivity contribution in [1.29, 1.82) is 0 Å². The molecule has 0 amide bonds. The van der Waals surface area contributed by atoms with Crippen molar-refractivity contribution in [2.75, 3.05) is 20.7 Å². The molecular formula is C14H24N2O. The number of likely N-dealkylation sites (N-methyl/N-ethyl adjacent to an activating group) is 1. The van der Waals surface area contributed by atoms with Gasteiger partial charge in [0.15, 0.2) is 0 Å². The highest BCUT2D eigenvalue weighted by atomic mass is 16.3. The molecule has 0 fully saturated rings. The molecule has 3 nitrogen and oxygen atoms in total. The third-order valence-electron chi connectivity index (χ3n) is 3.12. The van der Waals surface area contributed by atoms with Crippen molar-refractivity contribution < 1.29 is 5.11 Å². The Kier molecular flexibility index (Phi) is 5.12. The Labute approximate surface area is 104 Å². The molecule has 0 radical (unpaired) electrons. The van der Waals surface area contributed by atoms with E-state index in [1.165, 1.54) is 5.56 Å². The van der Waals surface area contributed by atoms with E-state index >= 15 is 0 Å². The second-order valence-corrected chi connectivity index (χ2v) is 5.08. The highest BCUT2D eigenvalue weighted by Crippen LogP contribution is 2.23. The first-order valence-electron chi connectivity index (χ1n) is 6.10. The summed E-state index contributed by atoms with van der Waals surface area (Å²) in [7, 11) is 3.97. The maximum absolute atomic E-state index is 9.21. The Morgan fingerprint density at radius 1 is 1.12 bits per heavy atom. The van der Waals surface area contributed by atoms with Crippen molar-refractivity contribution in [3.05, 3.63) is 35.4 Å². The Morgan fingerprint density at radius 2 is 1.59 bits per heavy atom. The predicted molar refractivity (Wildman–Crippen MR) is 72.0 cm³/mol. The van der Waals surface area contributed by atoms with Gasteiger partial charge < -0.3 is 15.7 Å². The van der Waals surface area contributed by atoms with Gasteiger partial charge in [-0.2, -0.15) is 0 Å². The van der Waals surface area contributed by atoms with Crippen molar-refractivity contribution in [3.8, 4) is 0 Å². The highest BCUT2D eigenvalue weighted by molar-refractivity contribution is 5.27. The average molecular weight is 236 g/mol.